The molecule has 0 aliphatic rings. The van der Waals surface area contributed by atoms with Gasteiger partial charge in [0, 0.05) is 6.92 Å². The van der Waals surface area contributed by atoms with Crippen molar-refractivity contribution in [2.24, 2.45) is 0 Å². The number of amides is 2. The van der Waals surface area contributed by atoms with Gasteiger partial charge in [-0.2, -0.15) is 0 Å². The Morgan fingerprint density at radius 2 is 2.00 bits per heavy atom. The molecule has 1 aromatic heterocycles. The summed E-state index contributed by atoms with van der Waals surface area (Å²) in [5.74, 6) is -0.816. The first-order valence-electron chi connectivity index (χ1n) is 5.75. The van der Waals surface area contributed by atoms with E-state index in [2.05, 4.69) is 15.6 Å². The first-order valence-corrected chi connectivity index (χ1v) is 6.57. The van der Waals surface area contributed by atoms with Gasteiger partial charge < -0.3 is 5.32 Å². The lowest BCUT2D eigenvalue weighted by Crippen LogP contribution is -2.16. The van der Waals surface area contributed by atoms with Crippen LogP contribution in [0.5, 0.6) is 0 Å². The predicted octanol–water partition coefficient (Wildman–Crippen LogP) is 2.26. The number of nitrogens with zero attached hydrogens (tertiary/aromatic N) is 2. The Morgan fingerprint density at radius 3 is 2.62 bits per heavy atom. The Balaban J connectivity index is 2.19. The molecular weight excluding hydrogens is 296 g/mol. The van der Waals surface area contributed by atoms with Crippen molar-refractivity contribution < 1.29 is 14.5 Å². The molecular formula is C12H10N4O4S. The summed E-state index contributed by atoms with van der Waals surface area (Å²) in [4.78, 5) is 37.0. The smallest absolute Gasteiger partial charge is 0.326 e. The summed E-state index contributed by atoms with van der Waals surface area (Å²) in [6, 6.07) is 6.43. The number of nitro groups is 1. The lowest BCUT2D eigenvalue weighted by molar-refractivity contribution is -0.380. The van der Waals surface area contributed by atoms with Crippen LogP contribution in [0.2, 0.25) is 0 Å². The summed E-state index contributed by atoms with van der Waals surface area (Å²) in [5, 5.41) is 15.5. The number of hydrogen-bond acceptors (Lipinski definition) is 6. The Bertz CT molecular complexity index is 713. The van der Waals surface area contributed by atoms with Gasteiger partial charge in [-0.3, -0.25) is 25.0 Å². The molecule has 0 aliphatic heterocycles. The molecule has 1 heterocycles. The van der Waals surface area contributed by atoms with Gasteiger partial charge >= 0.3 is 5.00 Å². The topological polar surface area (TPSA) is 114 Å². The Labute approximate surface area is 123 Å². The molecule has 2 aromatic rings. The van der Waals surface area contributed by atoms with Crippen LogP contribution in [0.25, 0.3) is 0 Å². The molecule has 2 N–H and O–H groups in total. The van der Waals surface area contributed by atoms with E-state index in [9.17, 15) is 19.7 Å². The van der Waals surface area contributed by atoms with Gasteiger partial charge in [0.1, 0.15) is 6.20 Å². The molecule has 1 aromatic carbocycles. The molecule has 0 fully saturated rings. The van der Waals surface area contributed by atoms with Gasteiger partial charge in [0.05, 0.1) is 16.2 Å². The molecule has 9 heteroatoms. The van der Waals surface area contributed by atoms with Crippen molar-refractivity contribution in [3.8, 4) is 0 Å². The highest BCUT2D eigenvalue weighted by molar-refractivity contribution is 7.18. The second kappa shape index (κ2) is 6.09. The molecule has 8 nitrogen and oxygen atoms in total. The Kier molecular flexibility index (Phi) is 4.24. The third-order valence-corrected chi connectivity index (χ3v) is 3.24. The summed E-state index contributed by atoms with van der Waals surface area (Å²) in [6.45, 7) is 1.33. The average molecular weight is 306 g/mol. The normalized spacial score (nSPS) is 9.95. The van der Waals surface area contributed by atoms with Crippen LogP contribution in [0, 0.1) is 10.1 Å². The second-order valence-corrected chi connectivity index (χ2v) is 4.95. The van der Waals surface area contributed by atoms with Gasteiger partial charge in [-0.05, 0) is 23.5 Å². The maximum absolute atomic E-state index is 12.1. The fourth-order valence-electron chi connectivity index (χ4n) is 1.55. The summed E-state index contributed by atoms with van der Waals surface area (Å²) in [6.07, 6.45) is 1.07. The summed E-state index contributed by atoms with van der Waals surface area (Å²) in [7, 11) is 0. The van der Waals surface area contributed by atoms with Crippen molar-refractivity contribution in [3.05, 3.63) is 46.1 Å². The largest absolute Gasteiger partial charge is 0.345 e. The van der Waals surface area contributed by atoms with Crippen LogP contribution in [0.4, 0.5) is 15.8 Å². The Hall–Kier alpha value is -2.81. The van der Waals surface area contributed by atoms with Crippen molar-refractivity contribution in [1.82, 2.24) is 4.98 Å². The molecule has 0 saturated heterocycles. The van der Waals surface area contributed by atoms with Gasteiger partial charge in [-0.15, -0.1) is 0 Å². The van der Waals surface area contributed by atoms with Crippen LogP contribution in [0.3, 0.4) is 0 Å². The van der Waals surface area contributed by atoms with E-state index in [0.29, 0.717) is 5.69 Å². The zero-order chi connectivity index (χ0) is 15.4. The predicted molar refractivity (Wildman–Crippen MR) is 77.5 cm³/mol. The van der Waals surface area contributed by atoms with Crippen LogP contribution in [-0.4, -0.2) is 21.7 Å². The molecule has 0 unspecified atom stereocenters. The lowest BCUT2D eigenvalue weighted by atomic mass is 10.1. The van der Waals surface area contributed by atoms with Crippen molar-refractivity contribution >= 4 is 39.0 Å². The summed E-state index contributed by atoms with van der Waals surface area (Å²) in [5.41, 5.74) is 0.596. The molecule has 0 aliphatic carbocycles. The number of carbonyl (C=O) groups excluding carboxylic acids is 2. The number of hydrogen-bond donors (Lipinski definition) is 2. The van der Waals surface area contributed by atoms with E-state index in [1.807, 2.05) is 0 Å². The first-order chi connectivity index (χ1) is 9.97. The van der Waals surface area contributed by atoms with E-state index >= 15 is 0 Å². The van der Waals surface area contributed by atoms with E-state index in [4.69, 9.17) is 0 Å². The van der Waals surface area contributed by atoms with Gasteiger partial charge in [0.2, 0.25) is 5.91 Å². The number of rotatable bonds is 4. The molecule has 0 spiro atoms. The maximum Gasteiger partial charge on any atom is 0.345 e. The van der Waals surface area contributed by atoms with E-state index in [0.717, 1.165) is 17.5 Å². The van der Waals surface area contributed by atoms with Crippen LogP contribution in [0.1, 0.15) is 17.3 Å². The van der Waals surface area contributed by atoms with Gasteiger partial charge in [0.25, 0.3) is 5.91 Å². The molecule has 0 atom stereocenters. The lowest BCUT2D eigenvalue weighted by Gasteiger charge is -2.08. The number of aromatic nitrogens is 1. The van der Waals surface area contributed by atoms with Crippen molar-refractivity contribution in [1.29, 1.82) is 0 Å². The molecule has 108 valence electrons. The summed E-state index contributed by atoms with van der Waals surface area (Å²) < 4.78 is 0. The minimum Gasteiger partial charge on any atom is -0.326 e. The standard InChI is InChI=1S/C12H10N4O4S/c1-7(17)14-9-5-3-2-4-8(9)11(18)15-12-13-6-10(21-12)16(19)20/h2-6H,1H3,(H,14,17)(H,13,15,18). The van der Waals surface area contributed by atoms with Gasteiger partial charge in [-0.25, -0.2) is 4.98 Å². The molecule has 2 amide bonds. The quantitative estimate of drug-likeness (QED) is 0.664. The van der Waals surface area contributed by atoms with E-state index < -0.39 is 10.8 Å². The molecule has 0 saturated carbocycles. The van der Waals surface area contributed by atoms with Crippen LogP contribution in [-0.2, 0) is 4.79 Å². The minimum absolute atomic E-state index is 0.115. The molecule has 0 bridgehead atoms. The number of carbonyl (C=O) groups is 2. The highest BCUT2D eigenvalue weighted by Gasteiger charge is 2.16. The first kappa shape index (κ1) is 14.6. The van der Waals surface area contributed by atoms with E-state index in [-0.39, 0.29) is 21.6 Å². The zero-order valence-corrected chi connectivity index (χ0v) is 11.6. The third kappa shape index (κ3) is 3.60. The molecule has 2 rings (SSSR count). The maximum atomic E-state index is 12.1. The van der Waals surface area contributed by atoms with Crippen molar-refractivity contribution in [2.75, 3.05) is 10.6 Å². The van der Waals surface area contributed by atoms with Gasteiger partial charge in [0.15, 0.2) is 5.13 Å². The number of thiazole rings is 1. The fraction of sp³-hybridized carbons (Fsp3) is 0.0833. The van der Waals surface area contributed by atoms with Crippen LogP contribution in [0.15, 0.2) is 30.5 Å². The minimum atomic E-state index is -0.585. The SMILES string of the molecule is CC(=O)Nc1ccccc1C(=O)Nc1ncc([N+](=O)[O-])s1. The number of anilines is 2. The van der Waals surface area contributed by atoms with E-state index in [1.54, 1.807) is 18.2 Å². The fourth-order valence-corrected chi connectivity index (χ4v) is 2.18. The second-order valence-electron chi connectivity index (χ2n) is 3.94. The molecule has 0 radical (unpaired) electrons. The van der Waals surface area contributed by atoms with Crippen molar-refractivity contribution in [2.45, 2.75) is 6.92 Å². The third-order valence-electron chi connectivity index (χ3n) is 2.38. The van der Waals surface area contributed by atoms with Crippen LogP contribution >= 0.6 is 11.3 Å². The number of nitrogens with one attached hydrogen (secondary N) is 2. The monoisotopic (exact) mass is 306 g/mol. The molecule has 21 heavy (non-hydrogen) atoms. The zero-order valence-electron chi connectivity index (χ0n) is 10.8. The average Bonchev–Trinajstić information content (AvgIpc) is 2.87. The van der Waals surface area contributed by atoms with Crippen molar-refractivity contribution in [3.63, 3.8) is 0 Å². The van der Waals surface area contributed by atoms with E-state index in [1.165, 1.54) is 13.0 Å². The summed E-state index contributed by atoms with van der Waals surface area (Å²) >= 11 is 0.754. The Morgan fingerprint density at radius 1 is 1.29 bits per heavy atom. The highest BCUT2D eigenvalue weighted by atomic mass is 32.1. The van der Waals surface area contributed by atoms with Crippen LogP contribution < -0.4 is 10.6 Å². The number of benzene rings is 1. The van der Waals surface area contributed by atoms with Gasteiger partial charge in [-0.1, -0.05) is 12.1 Å². The highest BCUT2D eigenvalue weighted by Crippen LogP contribution is 2.26. The number of para-hydroxylation sites is 1.